The van der Waals surface area contributed by atoms with Crippen molar-refractivity contribution in [3.8, 4) is 5.75 Å². The molecule has 1 aliphatic heterocycles. The first-order valence-electron chi connectivity index (χ1n) is 8.91. The first-order valence-corrected chi connectivity index (χ1v) is 9.73. The molecule has 0 bridgehead atoms. The number of methoxy groups -OCH3 is 1. The first kappa shape index (κ1) is 19.7. The number of rotatable bonds is 4. The molecule has 30 heavy (non-hydrogen) atoms. The monoisotopic (exact) mass is 425 g/mol. The Morgan fingerprint density at radius 2 is 1.77 bits per heavy atom. The van der Waals surface area contributed by atoms with Crippen molar-refractivity contribution in [2.24, 2.45) is 0 Å². The maximum atomic E-state index is 13.5. The van der Waals surface area contributed by atoms with E-state index in [2.05, 4.69) is 10.2 Å². The average molecular weight is 425 g/mol. The molecule has 2 heterocycles. The molecule has 0 saturated carbocycles. The maximum absolute atomic E-state index is 13.5. The van der Waals surface area contributed by atoms with Crippen LogP contribution in [0.5, 0.6) is 5.75 Å². The summed E-state index contributed by atoms with van der Waals surface area (Å²) in [6, 6.07) is 10.8. The second kappa shape index (κ2) is 7.68. The summed E-state index contributed by atoms with van der Waals surface area (Å²) in [6.45, 7) is 1.72. The number of carbonyl (C=O) groups is 2. The van der Waals surface area contributed by atoms with E-state index in [1.54, 1.807) is 31.2 Å². The molecule has 1 atom stereocenters. The van der Waals surface area contributed by atoms with Crippen LogP contribution < -0.4 is 9.64 Å². The van der Waals surface area contributed by atoms with Crippen LogP contribution in [0.25, 0.3) is 5.76 Å². The summed E-state index contributed by atoms with van der Waals surface area (Å²) in [5.74, 6) is -1.92. The van der Waals surface area contributed by atoms with E-state index in [9.17, 15) is 19.1 Å². The lowest BCUT2D eigenvalue weighted by Gasteiger charge is -2.22. The summed E-state index contributed by atoms with van der Waals surface area (Å²) in [7, 11) is 1.51. The first-order chi connectivity index (χ1) is 14.4. The smallest absolute Gasteiger partial charge is 0.301 e. The number of hydrogen-bond donors (Lipinski definition) is 1. The number of aliphatic hydroxyl groups is 1. The molecule has 1 saturated heterocycles. The van der Waals surface area contributed by atoms with Crippen LogP contribution in [0.4, 0.5) is 9.52 Å². The molecule has 1 aromatic heterocycles. The highest BCUT2D eigenvalue weighted by atomic mass is 32.1. The maximum Gasteiger partial charge on any atom is 0.301 e. The minimum atomic E-state index is -0.972. The molecule has 3 aromatic rings. The van der Waals surface area contributed by atoms with Gasteiger partial charge >= 0.3 is 5.91 Å². The third-order valence-electron chi connectivity index (χ3n) is 4.72. The molecule has 4 rings (SSSR count). The number of anilines is 1. The average Bonchev–Trinajstić information content (AvgIpc) is 3.29. The van der Waals surface area contributed by atoms with Crippen LogP contribution in [0, 0.1) is 12.7 Å². The van der Waals surface area contributed by atoms with Gasteiger partial charge in [-0.25, -0.2) is 4.39 Å². The number of Topliss-reactive ketones (excluding diaryl/α,β-unsaturated/α-hetero) is 1. The zero-order valence-corrected chi connectivity index (χ0v) is 16.8. The molecule has 1 N–H and O–H groups in total. The molecule has 7 nitrogen and oxygen atoms in total. The SMILES string of the molecule is COc1ccc(/C(O)=C2\C(=O)C(=O)N(c3nnc(C)s3)[C@@H]2c2ccc(F)cc2)cc1. The lowest BCUT2D eigenvalue weighted by atomic mass is 9.95. The molecule has 0 unspecified atom stereocenters. The Balaban J connectivity index is 1.91. The summed E-state index contributed by atoms with van der Waals surface area (Å²) in [6.07, 6.45) is 0. The van der Waals surface area contributed by atoms with Crippen molar-refractivity contribution in [3.05, 3.63) is 76.1 Å². The van der Waals surface area contributed by atoms with Crippen molar-refractivity contribution in [2.45, 2.75) is 13.0 Å². The Morgan fingerprint density at radius 3 is 2.33 bits per heavy atom. The van der Waals surface area contributed by atoms with E-state index in [4.69, 9.17) is 4.74 Å². The Hall–Kier alpha value is -3.59. The third kappa shape index (κ3) is 3.33. The van der Waals surface area contributed by atoms with E-state index in [1.807, 2.05) is 0 Å². The Kier molecular flexibility index (Phi) is 5.04. The number of nitrogens with zero attached hydrogens (tertiary/aromatic N) is 3. The molecule has 2 aromatic carbocycles. The number of ether oxygens (including phenoxy) is 1. The lowest BCUT2D eigenvalue weighted by Crippen LogP contribution is -2.29. The van der Waals surface area contributed by atoms with Gasteiger partial charge in [-0.1, -0.05) is 23.5 Å². The number of benzene rings is 2. The van der Waals surface area contributed by atoms with Gasteiger partial charge in [0.15, 0.2) is 0 Å². The van der Waals surface area contributed by atoms with Crippen molar-refractivity contribution in [2.75, 3.05) is 12.0 Å². The molecule has 152 valence electrons. The Bertz CT molecular complexity index is 1160. The number of hydrogen-bond acceptors (Lipinski definition) is 7. The van der Waals surface area contributed by atoms with E-state index < -0.39 is 23.5 Å². The van der Waals surface area contributed by atoms with Crippen molar-refractivity contribution in [1.82, 2.24) is 10.2 Å². The predicted molar refractivity (Wildman–Crippen MR) is 109 cm³/mol. The third-order valence-corrected chi connectivity index (χ3v) is 5.55. The summed E-state index contributed by atoms with van der Waals surface area (Å²) in [5.41, 5.74) is 0.692. The van der Waals surface area contributed by atoms with Gasteiger partial charge < -0.3 is 9.84 Å². The highest BCUT2D eigenvalue weighted by Crippen LogP contribution is 2.42. The number of halogens is 1. The van der Waals surface area contributed by atoms with Crippen LogP contribution >= 0.6 is 11.3 Å². The van der Waals surface area contributed by atoms with Gasteiger partial charge in [0.05, 0.1) is 18.7 Å². The highest BCUT2D eigenvalue weighted by Gasteiger charge is 2.48. The number of aliphatic hydroxyl groups excluding tert-OH is 1. The number of carbonyl (C=O) groups excluding carboxylic acids is 2. The number of amides is 1. The highest BCUT2D eigenvalue weighted by molar-refractivity contribution is 7.15. The van der Waals surface area contributed by atoms with Crippen LogP contribution in [0.2, 0.25) is 0 Å². The van der Waals surface area contributed by atoms with Crippen molar-refractivity contribution in [3.63, 3.8) is 0 Å². The number of aryl methyl sites for hydroxylation is 1. The van der Waals surface area contributed by atoms with Crippen LogP contribution in [0.1, 0.15) is 22.2 Å². The molecule has 1 amide bonds. The van der Waals surface area contributed by atoms with E-state index in [-0.39, 0.29) is 16.5 Å². The molecule has 9 heteroatoms. The largest absolute Gasteiger partial charge is 0.507 e. The standard InChI is InChI=1S/C21H16FN3O4S/c1-11-23-24-21(30-11)25-17(12-3-7-14(22)8-4-12)16(19(27)20(25)28)18(26)13-5-9-15(29-2)10-6-13/h3-10,17,26H,1-2H3/b18-16+/t17-/m1/s1. The summed E-state index contributed by atoms with van der Waals surface area (Å²) < 4.78 is 18.6. The van der Waals surface area contributed by atoms with E-state index in [1.165, 1.54) is 36.3 Å². The van der Waals surface area contributed by atoms with Crippen molar-refractivity contribution in [1.29, 1.82) is 0 Å². The normalized spacial score (nSPS) is 18.1. The fraction of sp³-hybridized carbons (Fsp3) is 0.143. The summed E-state index contributed by atoms with van der Waals surface area (Å²) in [5, 5.41) is 19.7. The van der Waals surface area contributed by atoms with Gasteiger partial charge in [0.1, 0.15) is 22.3 Å². The van der Waals surface area contributed by atoms with Crippen molar-refractivity contribution < 1.29 is 23.8 Å². The molecule has 0 aliphatic carbocycles. The minimum absolute atomic E-state index is 0.107. The van der Waals surface area contributed by atoms with Crippen LogP contribution in [0.15, 0.2) is 54.1 Å². The molecule has 0 radical (unpaired) electrons. The molecule has 0 spiro atoms. The second-order valence-corrected chi connectivity index (χ2v) is 7.71. The van der Waals surface area contributed by atoms with Gasteiger partial charge in [0.25, 0.3) is 5.78 Å². The number of aromatic nitrogens is 2. The van der Waals surface area contributed by atoms with Gasteiger partial charge in [0.2, 0.25) is 5.13 Å². The van der Waals surface area contributed by atoms with Crippen LogP contribution in [-0.4, -0.2) is 34.1 Å². The Morgan fingerprint density at radius 1 is 1.10 bits per heavy atom. The fourth-order valence-corrected chi connectivity index (χ4v) is 3.99. The molecule has 1 aliphatic rings. The van der Waals surface area contributed by atoms with E-state index in [0.29, 0.717) is 21.9 Å². The molecular weight excluding hydrogens is 409 g/mol. The summed E-state index contributed by atoms with van der Waals surface area (Å²) in [4.78, 5) is 27.0. The van der Waals surface area contributed by atoms with Gasteiger partial charge in [-0.3, -0.25) is 14.5 Å². The lowest BCUT2D eigenvalue weighted by molar-refractivity contribution is -0.132. The number of ketones is 1. The quantitative estimate of drug-likeness (QED) is 0.390. The Labute approximate surface area is 175 Å². The minimum Gasteiger partial charge on any atom is -0.507 e. The second-order valence-electron chi connectivity index (χ2n) is 6.55. The fourth-order valence-electron chi connectivity index (χ4n) is 3.28. The predicted octanol–water partition coefficient (Wildman–Crippen LogP) is 3.62. The van der Waals surface area contributed by atoms with Gasteiger partial charge in [0, 0.05) is 5.56 Å². The topological polar surface area (TPSA) is 92.6 Å². The molecule has 1 fully saturated rings. The van der Waals surface area contributed by atoms with Crippen molar-refractivity contribution >= 4 is 33.9 Å². The van der Waals surface area contributed by atoms with Crippen LogP contribution in [0.3, 0.4) is 0 Å². The zero-order chi connectivity index (χ0) is 21.4. The van der Waals surface area contributed by atoms with Gasteiger partial charge in [-0.15, -0.1) is 10.2 Å². The van der Waals surface area contributed by atoms with Crippen LogP contribution in [-0.2, 0) is 9.59 Å². The van der Waals surface area contributed by atoms with E-state index in [0.717, 1.165) is 11.3 Å². The summed E-state index contributed by atoms with van der Waals surface area (Å²) >= 11 is 1.14. The van der Waals surface area contributed by atoms with Gasteiger partial charge in [-0.2, -0.15) is 0 Å². The molecular formula is C21H16FN3O4S. The van der Waals surface area contributed by atoms with Gasteiger partial charge in [-0.05, 0) is 48.9 Å². The zero-order valence-electron chi connectivity index (χ0n) is 16.0. The van der Waals surface area contributed by atoms with E-state index >= 15 is 0 Å².